The van der Waals surface area contributed by atoms with Crippen molar-refractivity contribution in [3.8, 4) is 0 Å². The number of fused-ring (bicyclic) bond motifs is 1. The highest BCUT2D eigenvalue weighted by molar-refractivity contribution is 7.99. The highest BCUT2D eigenvalue weighted by atomic mass is 32.2. The summed E-state index contributed by atoms with van der Waals surface area (Å²) in [6.45, 7) is 4.69. The predicted octanol–water partition coefficient (Wildman–Crippen LogP) is 2.13. The monoisotopic (exact) mass is 344 g/mol. The lowest BCUT2D eigenvalue weighted by Gasteiger charge is -2.12. The van der Waals surface area contributed by atoms with E-state index >= 15 is 0 Å². The van der Waals surface area contributed by atoms with Crippen molar-refractivity contribution in [2.24, 2.45) is 0 Å². The summed E-state index contributed by atoms with van der Waals surface area (Å²) in [4.78, 5) is 4.44. The standard InChI is InChI=1S/C16H20N6OS/c1-10-5-14-15(6-11(10)2)21(9-17-14)7-13(23)8-24-16-18-19-20-22(16)12-3-4-12/h5-6,9,12-13,23H,3-4,7-8H2,1-2H3. The molecule has 1 fully saturated rings. The Balaban J connectivity index is 1.43. The summed E-state index contributed by atoms with van der Waals surface area (Å²) < 4.78 is 3.88. The third kappa shape index (κ3) is 3.03. The van der Waals surface area contributed by atoms with Gasteiger partial charge in [0.15, 0.2) is 0 Å². The molecule has 126 valence electrons. The Hall–Kier alpha value is -1.93. The van der Waals surface area contributed by atoms with Crippen LogP contribution < -0.4 is 0 Å². The van der Waals surface area contributed by atoms with E-state index in [9.17, 15) is 5.11 Å². The predicted molar refractivity (Wildman–Crippen MR) is 92.0 cm³/mol. The topological polar surface area (TPSA) is 81.7 Å². The maximum Gasteiger partial charge on any atom is 0.209 e. The van der Waals surface area contributed by atoms with Gasteiger partial charge >= 0.3 is 0 Å². The average Bonchev–Trinajstić information content (AvgIpc) is 3.19. The number of benzene rings is 1. The van der Waals surface area contributed by atoms with Crippen LogP contribution in [0.15, 0.2) is 23.6 Å². The van der Waals surface area contributed by atoms with E-state index in [1.807, 2.05) is 9.25 Å². The van der Waals surface area contributed by atoms with E-state index in [0.717, 1.165) is 29.0 Å². The number of aliphatic hydroxyl groups is 1. The normalized spacial score (nSPS) is 16.0. The minimum absolute atomic E-state index is 0.448. The van der Waals surface area contributed by atoms with E-state index in [1.54, 1.807) is 6.33 Å². The molecule has 3 aromatic rings. The molecule has 1 aliphatic rings. The quantitative estimate of drug-likeness (QED) is 0.690. The van der Waals surface area contributed by atoms with E-state index in [1.165, 1.54) is 22.9 Å². The molecule has 0 aliphatic heterocycles. The average molecular weight is 344 g/mol. The van der Waals surface area contributed by atoms with Gasteiger partial charge in [-0.3, -0.25) is 0 Å². The zero-order chi connectivity index (χ0) is 16.7. The highest BCUT2D eigenvalue weighted by Gasteiger charge is 2.28. The van der Waals surface area contributed by atoms with E-state index in [0.29, 0.717) is 18.3 Å². The zero-order valence-electron chi connectivity index (χ0n) is 13.8. The first-order valence-electron chi connectivity index (χ1n) is 8.12. The minimum atomic E-state index is -0.488. The molecule has 0 amide bonds. The van der Waals surface area contributed by atoms with Crippen molar-refractivity contribution >= 4 is 22.8 Å². The molecule has 1 saturated carbocycles. The molecular formula is C16H20N6OS. The first-order chi connectivity index (χ1) is 11.6. The molecule has 1 aromatic carbocycles. The third-order valence-electron chi connectivity index (χ3n) is 4.40. The van der Waals surface area contributed by atoms with Gasteiger partial charge in [0, 0.05) is 5.75 Å². The molecule has 0 spiro atoms. The SMILES string of the molecule is Cc1cc2ncn(CC(O)CSc3nnnn3C3CC3)c2cc1C. The van der Waals surface area contributed by atoms with Crippen LogP contribution in [0.4, 0.5) is 0 Å². The van der Waals surface area contributed by atoms with Gasteiger partial charge in [-0.2, -0.15) is 0 Å². The van der Waals surface area contributed by atoms with Gasteiger partial charge in [-0.1, -0.05) is 11.8 Å². The van der Waals surface area contributed by atoms with Crippen molar-refractivity contribution in [3.63, 3.8) is 0 Å². The largest absolute Gasteiger partial charge is 0.390 e. The lowest BCUT2D eigenvalue weighted by atomic mass is 10.1. The number of aromatic nitrogens is 6. The summed E-state index contributed by atoms with van der Waals surface area (Å²) >= 11 is 1.51. The number of aryl methyl sites for hydroxylation is 2. The summed E-state index contributed by atoms with van der Waals surface area (Å²) in [7, 11) is 0. The maximum atomic E-state index is 10.4. The number of imidazole rings is 1. The van der Waals surface area contributed by atoms with Crippen molar-refractivity contribution in [2.45, 2.75) is 50.5 Å². The van der Waals surface area contributed by atoms with Crippen LogP contribution in [0.3, 0.4) is 0 Å². The van der Waals surface area contributed by atoms with E-state index in [2.05, 4.69) is 46.5 Å². The number of hydrogen-bond acceptors (Lipinski definition) is 6. The van der Waals surface area contributed by atoms with Crippen LogP contribution >= 0.6 is 11.8 Å². The molecule has 2 heterocycles. The molecule has 0 saturated heterocycles. The number of aliphatic hydroxyl groups excluding tert-OH is 1. The number of tetrazole rings is 1. The van der Waals surface area contributed by atoms with Gasteiger partial charge < -0.3 is 9.67 Å². The van der Waals surface area contributed by atoms with Gasteiger partial charge in [0.05, 0.1) is 36.1 Å². The second kappa shape index (κ2) is 6.18. The molecule has 0 bridgehead atoms. The number of thioether (sulfide) groups is 1. The van der Waals surface area contributed by atoms with Crippen molar-refractivity contribution in [1.29, 1.82) is 0 Å². The Kier molecular flexibility index (Phi) is 4.01. The minimum Gasteiger partial charge on any atom is -0.390 e. The Morgan fingerprint density at radius 2 is 2.08 bits per heavy atom. The Bertz CT molecular complexity index is 869. The number of hydrogen-bond donors (Lipinski definition) is 1. The molecule has 1 unspecified atom stereocenters. The second-order valence-electron chi connectivity index (χ2n) is 6.42. The molecule has 1 aliphatic carbocycles. The Morgan fingerprint density at radius 1 is 1.29 bits per heavy atom. The fourth-order valence-corrected chi connectivity index (χ4v) is 3.60. The molecule has 2 aromatic heterocycles. The summed E-state index contributed by atoms with van der Waals surface area (Å²) in [5.41, 5.74) is 4.49. The number of nitrogens with zero attached hydrogens (tertiary/aromatic N) is 6. The van der Waals surface area contributed by atoms with Gasteiger partial charge in [0.25, 0.3) is 0 Å². The van der Waals surface area contributed by atoms with Crippen LogP contribution in [-0.4, -0.2) is 46.7 Å². The van der Waals surface area contributed by atoms with Crippen LogP contribution in [-0.2, 0) is 6.54 Å². The van der Waals surface area contributed by atoms with Crippen molar-refractivity contribution in [1.82, 2.24) is 29.8 Å². The van der Waals surface area contributed by atoms with Gasteiger partial charge in [0.1, 0.15) is 0 Å². The zero-order valence-corrected chi connectivity index (χ0v) is 14.6. The van der Waals surface area contributed by atoms with Gasteiger partial charge in [-0.05, 0) is 60.4 Å². The van der Waals surface area contributed by atoms with Crippen LogP contribution in [0.1, 0.15) is 30.0 Å². The van der Waals surface area contributed by atoms with Crippen LogP contribution in [0.25, 0.3) is 11.0 Å². The molecule has 1 atom stereocenters. The molecule has 24 heavy (non-hydrogen) atoms. The molecular weight excluding hydrogens is 324 g/mol. The van der Waals surface area contributed by atoms with Crippen molar-refractivity contribution in [2.75, 3.05) is 5.75 Å². The Labute approximate surface area is 144 Å². The number of rotatable bonds is 6. The highest BCUT2D eigenvalue weighted by Crippen LogP contribution is 2.36. The first-order valence-corrected chi connectivity index (χ1v) is 9.11. The molecule has 4 rings (SSSR count). The summed E-state index contributed by atoms with van der Waals surface area (Å²) in [5.74, 6) is 0.553. The molecule has 0 radical (unpaired) electrons. The summed E-state index contributed by atoms with van der Waals surface area (Å²) in [6, 6.07) is 4.67. The molecule has 7 nitrogen and oxygen atoms in total. The van der Waals surface area contributed by atoms with E-state index in [-0.39, 0.29) is 0 Å². The Morgan fingerprint density at radius 3 is 2.88 bits per heavy atom. The maximum absolute atomic E-state index is 10.4. The molecule has 8 heteroatoms. The smallest absolute Gasteiger partial charge is 0.209 e. The lowest BCUT2D eigenvalue weighted by Crippen LogP contribution is -2.18. The molecule has 1 N–H and O–H groups in total. The van der Waals surface area contributed by atoms with Crippen LogP contribution in [0, 0.1) is 13.8 Å². The lowest BCUT2D eigenvalue weighted by molar-refractivity contribution is 0.179. The van der Waals surface area contributed by atoms with E-state index in [4.69, 9.17) is 0 Å². The first kappa shape index (κ1) is 15.6. The fraction of sp³-hybridized carbons (Fsp3) is 0.500. The van der Waals surface area contributed by atoms with Crippen molar-refractivity contribution < 1.29 is 5.11 Å². The van der Waals surface area contributed by atoms with Gasteiger partial charge in [-0.25, -0.2) is 9.67 Å². The van der Waals surface area contributed by atoms with Gasteiger partial charge in [0.2, 0.25) is 5.16 Å². The van der Waals surface area contributed by atoms with Crippen LogP contribution in [0.5, 0.6) is 0 Å². The van der Waals surface area contributed by atoms with Crippen molar-refractivity contribution in [3.05, 3.63) is 29.6 Å². The second-order valence-corrected chi connectivity index (χ2v) is 7.41. The van der Waals surface area contributed by atoms with E-state index < -0.39 is 6.10 Å². The fourth-order valence-electron chi connectivity index (χ4n) is 2.74. The third-order valence-corrected chi connectivity index (χ3v) is 5.48. The van der Waals surface area contributed by atoms with Gasteiger partial charge in [-0.15, -0.1) is 5.10 Å². The summed E-state index contributed by atoms with van der Waals surface area (Å²) in [6.07, 6.45) is 3.59. The summed E-state index contributed by atoms with van der Waals surface area (Å²) in [5, 5.41) is 23.0. The van der Waals surface area contributed by atoms with Crippen LogP contribution in [0.2, 0.25) is 0 Å².